The summed E-state index contributed by atoms with van der Waals surface area (Å²) in [7, 11) is 1.69. The number of benzene rings is 2. The monoisotopic (exact) mass is 473 g/mol. The van der Waals surface area contributed by atoms with Crippen molar-refractivity contribution in [3.05, 3.63) is 57.6 Å². The molecule has 1 N–H and O–H groups in total. The van der Waals surface area contributed by atoms with E-state index in [1.807, 2.05) is 18.2 Å². The lowest BCUT2D eigenvalue weighted by Crippen LogP contribution is -2.63. The van der Waals surface area contributed by atoms with Crippen LogP contribution in [0.5, 0.6) is 11.5 Å². The fraction of sp³-hybridized carbons (Fsp3) is 0.556. The predicted octanol–water partition coefficient (Wildman–Crippen LogP) is 7.42. The average molecular weight is 474 g/mol. The third-order valence-electron chi connectivity index (χ3n) is 7.92. The van der Waals surface area contributed by atoms with Gasteiger partial charge in [0, 0.05) is 27.7 Å². The average Bonchev–Trinajstić information content (AvgIpc) is 2.69. The predicted molar refractivity (Wildman–Crippen MR) is 131 cm³/mol. The Balaban J connectivity index is 1.26. The van der Waals surface area contributed by atoms with Crippen LogP contribution in [0.3, 0.4) is 0 Å². The summed E-state index contributed by atoms with van der Waals surface area (Å²) >= 11 is 12.3. The van der Waals surface area contributed by atoms with Crippen molar-refractivity contribution < 1.29 is 9.47 Å². The lowest BCUT2D eigenvalue weighted by atomic mass is 9.43. The molecule has 0 aliphatic heterocycles. The molecule has 2 aromatic rings. The Morgan fingerprint density at radius 1 is 0.938 bits per heavy atom. The first kappa shape index (κ1) is 22.4. The highest BCUT2D eigenvalue weighted by Gasteiger charge is 2.59. The van der Waals surface area contributed by atoms with Crippen molar-refractivity contribution in [2.45, 2.75) is 71.1 Å². The summed E-state index contributed by atoms with van der Waals surface area (Å²) in [5.41, 5.74) is 3.44. The zero-order chi connectivity index (χ0) is 22.6. The molecular formula is C27H33Cl2NO2. The fourth-order valence-corrected chi connectivity index (χ4v) is 8.13. The fourth-order valence-electron chi connectivity index (χ4n) is 7.67. The van der Waals surface area contributed by atoms with Gasteiger partial charge in [0.2, 0.25) is 0 Å². The van der Waals surface area contributed by atoms with E-state index >= 15 is 0 Å². The van der Waals surface area contributed by atoms with E-state index in [9.17, 15) is 0 Å². The molecule has 0 radical (unpaired) electrons. The summed E-state index contributed by atoms with van der Waals surface area (Å²) in [6, 6.07) is 11.7. The Hall–Kier alpha value is -1.42. The maximum atomic E-state index is 6.28. The Kier molecular flexibility index (Phi) is 5.67. The van der Waals surface area contributed by atoms with Crippen LogP contribution < -0.4 is 14.8 Å². The first-order chi connectivity index (χ1) is 15.2. The second kappa shape index (κ2) is 8.11. The van der Waals surface area contributed by atoms with E-state index in [1.165, 1.54) is 44.1 Å². The Morgan fingerprint density at radius 3 is 2.34 bits per heavy atom. The molecule has 0 saturated heterocycles. The van der Waals surface area contributed by atoms with Gasteiger partial charge in [0.05, 0.1) is 7.11 Å². The van der Waals surface area contributed by atoms with Gasteiger partial charge in [-0.3, -0.25) is 0 Å². The van der Waals surface area contributed by atoms with E-state index < -0.39 is 0 Å². The zero-order valence-electron chi connectivity index (χ0n) is 19.3. The molecule has 4 aliphatic carbocycles. The normalized spacial score (nSPS) is 32.8. The van der Waals surface area contributed by atoms with Gasteiger partial charge in [0.1, 0.15) is 6.61 Å². The van der Waals surface area contributed by atoms with Crippen LogP contribution in [0.15, 0.2) is 36.4 Å². The number of ether oxygens (including phenoxy) is 2. The first-order valence-electron chi connectivity index (χ1n) is 11.7. The van der Waals surface area contributed by atoms with Crippen LogP contribution in [-0.4, -0.2) is 12.6 Å². The van der Waals surface area contributed by atoms with E-state index in [1.54, 1.807) is 13.2 Å². The van der Waals surface area contributed by atoms with Crippen molar-refractivity contribution in [3.8, 4) is 11.5 Å². The van der Waals surface area contributed by atoms with Crippen LogP contribution in [0.4, 0.5) is 0 Å². The molecule has 4 bridgehead atoms. The van der Waals surface area contributed by atoms with Crippen molar-refractivity contribution in [2.24, 2.45) is 16.7 Å². The molecule has 6 rings (SSSR count). The van der Waals surface area contributed by atoms with Gasteiger partial charge in [0.25, 0.3) is 0 Å². The summed E-state index contributed by atoms with van der Waals surface area (Å²) in [5, 5.41) is 5.24. The van der Waals surface area contributed by atoms with E-state index in [0.29, 0.717) is 27.5 Å². The van der Waals surface area contributed by atoms with Crippen molar-refractivity contribution in [3.63, 3.8) is 0 Å². The lowest BCUT2D eigenvalue weighted by Gasteiger charge is -2.65. The minimum atomic E-state index is 0.288. The van der Waals surface area contributed by atoms with Gasteiger partial charge in [-0.2, -0.15) is 0 Å². The Labute approximate surface area is 201 Å². The van der Waals surface area contributed by atoms with Gasteiger partial charge < -0.3 is 14.8 Å². The number of halogens is 2. The molecule has 0 heterocycles. The summed E-state index contributed by atoms with van der Waals surface area (Å²) in [6.45, 7) is 6.27. The lowest BCUT2D eigenvalue weighted by molar-refractivity contribution is -0.118. The molecule has 2 aromatic carbocycles. The van der Waals surface area contributed by atoms with Crippen LogP contribution >= 0.6 is 23.2 Å². The molecule has 0 aromatic heterocycles. The van der Waals surface area contributed by atoms with E-state index in [0.717, 1.165) is 29.5 Å². The second-order valence-electron chi connectivity index (χ2n) is 11.3. The molecule has 2 atom stereocenters. The highest BCUT2D eigenvalue weighted by Crippen LogP contribution is 2.66. The number of methoxy groups -OCH3 is 1. The van der Waals surface area contributed by atoms with E-state index in [-0.39, 0.29) is 5.54 Å². The molecule has 172 valence electrons. The van der Waals surface area contributed by atoms with Crippen molar-refractivity contribution in [1.82, 2.24) is 5.32 Å². The highest BCUT2D eigenvalue weighted by atomic mass is 35.5. The maximum Gasteiger partial charge on any atom is 0.161 e. The van der Waals surface area contributed by atoms with Gasteiger partial charge in [0.15, 0.2) is 11.5 Å². The van der Waals surface area contributed by atoms with Gasteiger partial charge in [-0.15, -0.1) is 0 Å². The standard InChI is InChI=1S/C27H33Cl2NO2/c1-25-10-19-11-26(2,15-25)17-27(12-19,16-25)30-13-18-4-7-23(24(8-18)31-3)32-14-20-5-6-21(28)9-22(20)29/h4-9,19,30H,10-17H2,1-3H3. The van der Waals surface area contributed by atoms with Crippen LogP contribution in [0, 0.1) is 16.7 Å². The number of hydrogen-bond acceptors (Lipinski definition) is 3. The first-order valence-corrected chi connectivity index (χ1v) is 12.4. The topological polar surface area (TPSA) is 30.5 Å². The summed E-state index contributed by atoms with van der Waals surface area (Å²) in [4.78, 5) is 0. The Bertz CT molecular complexity index is 1000. The van der Waals surface area contributed by atoms with Crippen LogP contribution in [0.1, 0.15) is 63.5 Å². The van der Waals surface area contributed by atoms with Gasteiger partial charge in [-0.25, -0.2) is 0 Å². The summed E-state index contributed by atoms with van der Waals surface area (Å²) in [5.74, 6) is 2.36. The molecule has 32 heavy (non-hydrogen) atoms. The third-order valence-corrected chi connectivity index (χ3v) is 8.51. The maximum absolute atomic E-state index is 6.28. The highest BCUT2D eigenvalue weighted by molar-refractivity contribution is 6.35. The van der Waals surface area contributed by atoms with Crippen molar-refractivity contribution in [2.75, 3.05) is 7.11 Å². The number of nitrogens with one attached hydrogen (secondary N) is 1. The summed E-state index contributed by atoms with van der Waals surface area (Å²) in [6.07, 6.45) is 8.20. The molecule has 3 nitrogen and oxygen atoms in total. The quantitative estimate of drug-likeness (QED) is 0.453. The van der Waals surface area contributed by atoms with E-state index in [2.05, 4.69) is 31.3 Å². The zero-order valence-corrected chi connectivity index (χ0v) is 20.8. The smallest absolute Gasteiger partial charge is 0.161 e. The molecule has 2 unspecified atom stereocenters. The SMILES string of the molecule is COc1cc(CNC23CC4CC(C)(CC(C)(C4)C2)C3)ccc1OCc1ccc(Cl)cc1Cl. The number of rotatable bonds is 7. The van der Waals surface area contributed by atoms with Crippen molar-refractivity contribution in [1.29, 1.82) is 0 Å². The van der Waals surface area contributed by atoms with Gasteiger partial charge >= 0.3 is 0 Å². The molecule has 0 spiro atoms. The van der Waals surface area contributed by atoms with Crippen LogP contribution in [0.2, 0.25) is 10.0 Å². The van der Waals surface area contributed by atoms with Crippen LogP contribution in [0.25, 0.3) is 0 Å². The second-order valence-corrected chi connectivity index (χ2v) is 12.1. The molecular weight excluding hydrogens is 441 g/mol. The van der Waals surface area contributed by atoms with Crippen LogP contribution in [-0.2, 0) is 13.2 Å². The molecule has 5 heteroatoms. The molecule has 4 fully saturated rings. The molecule has 4 saturated carbocycles. The minimum Gasteiger partial charge on any atom is -0.493 e. The minimum absolute atomic E-state index is 0.288. The third kappa shape index (κ3) is 4.36. The van der Waals surface area contributed by atoms with E-state index in [4.69, 9.17) is 32.7 Å². The summed E-state index contributed by atoms with van der Waals surface area (Å²) < 4.78 is 11.7. The Morgan fingerprint density at radius 2 is 1.69 bits per heavy atom. The van der Waals surface area contributed by atoms with Gasteiger partial charge in [-0.1, -0.05) is 49.2 Å². The largest absolute Gasteiger partial charge is 0.493 e. The van der Waals surface area contributed by atoms with Crippen molar-refractivity contribution >= 4 is 23.2 Å². The molecule has 4 aliphatic rings. The molecule has 0 amide bonds. The number of hydrogen-bond donors (Lipinski definition) is 1. The van der Waals surface area contributed by atoms with Gasteiger partial charge in [-0.05, 0) is 85.1 Å².